The zero-order valence-electron chi connectivity index (χ0n) is 13.1. The van der Waals surface area contributed by atoms with E-state index in [4.69, 9.17) is 0 Å². The maximum Gasteiger partial charge on any atom is 0.0664 e. The second-order valence-corrected chi connectivity index (χ2v) is 5.47. The Labute approximate surface area is 126 Å². The number of hydrogen-bond donors (Lipinski definition) is 2. The molecule has 4 heteroatoms. The van der Waals surface area contributed by atoms with Crippen LogP contribution in [0.25, 0.3) is 5.69 Å². The molecule has 0 spiro atoms. The molecule has 0 saturated heterocycles. The Morgan fingerprint density at radius 2 is 1.95 bits per heavy atom. The zero-order valence-corrected chi connectivity index (χ0v) is 13.1. The Morgan fingerprint density at radius 1 is 1.24 bits per heavy atom. The van der Waals surface area contributed by atoms with Gasteiger partial charge in [0.25, 0.3) is 0 Å². The fourth-order valence-electron chi connectivity index (χ4n) is 2.55. The average molecular weight is 287 g/mol. The first kappa shape index (κ1) is 15.7. The van der Waals surface area contributed by atoms with Gasteiger partial charge < -0.3 is 10.4 Å². The standard InChI is InChI=1S/C17H25N3O/c1-4-8-16(21)11-18-12-17-13(2)19-20(14(17)3)15-9-6-5-7-10-15/h5-7,9-10,16,18,21H,4,8,11-12H2,1-3H3. The summed E-state index contributed by atoms with van der Waals surface area (Å²) in [7, 11) is 0. The molecule has 1 aromatic heterocycles. The number of nitrogens with zero attached hydrogens (tertiary/aromatic N) is 2. The van der Waals surface area contributed by atoms with Gasteiger partial charge in [-0.3, -0.25) is 0 Å². The van der Waals surface area contributed by atoms with Crippen molar-refractivity contribution in [3.8, 4) is 5.69 Å². The second kappa shape index (κ2) is 7.38. The van der Waals surface area contributed by atoms with Crippen LogP contribution in [0, 0.1) is 13.8 Å². The molecule has 0 aliphatic carbocycles. The van der Waals surface area contributed by atoms with E-state index in [1.165, 1.54) is 5.56 Å². The smallest absolute Gasteiger partial charge is 0.0664 e. The van der Waals surface area contributed by atoms with E-state index in [1.807, 2.05) is 29.8 Å². The summed E-state index contributed by atoms with van der Waals surface area (Å²) in [5.41, 5.74) is 4.47. The molecule has 0 saturated carbocycles. The lowest BCUT2D eigenvalue weighted by Gasteiger charge is -2.11. The van der Waals surface area contributed by atoms with Crippen LogP contribution >= 0.6 is 0 Å². The minimum absolute atomic E-state index is 0.264. The van der Waals surface area contributed by atoms with Crippen molar-refractivity contribution < 1.29 is 5.11 Å². The van der Waals surface area contributed by atoms with Crippen LogP contribution < -0.4 is 5.32 Å². The highest BCUT2D eigenvalue weighted by Crippen LogP contribution is 2.17. The summed E-state index contributed by atoms with van der Waals surface area (Å²) >= 11 is 0. The molecule has 0 amide bonds. The summed E-state index contributed by atoms with van der Waals surface area (Å²) in [4.78, 5) is 0. The predicted octanol–water partition coefficient (Wildman–Crippen LogP) is 2.74. The molecule has 1 aromatic carbocycles. The Hall–Kier alpha value is -1.65. The van der Waals surface area contributed by atoms with Gasteiger partial charge in [-0.25, -0.2) is 4.68 Å². The van der Waals surface area contributed by atoms with Crippen molar-refractivity contribution >= 4 is 0 Å². The van der Waals surface area contributed by atoms with E-state index in [9.17, 15) is 5.11 Å². The number of rotatable bonds is 7. The van der Waals surface area contributed by atoms with E-state index in [2.05, 4.69) is 36.4 Å². The highest BCUT2D eigenvalue weighted by Gasteiger charge is 2.12. The fraction of sp³-hybridized carbons (Fsp3) is 0.471. The maximum absolute atomic E-state index is 9.77. The van der Waals surface area contributed by atoms with Crippen molar-refractivity contribution in [1.82, 2.24) is 15.1 Å². The van der Waals surface area contributed by atoms with Crippen LogP contribution in [-0.2, 0) is 6.54 Å². The Balaban J connectivity index is 2.06. The Kier molecular flexibility index (Phi) is 5.53. The molecule has 0 bridgehead atoms. The number of aliphatic hydroxyl groups is 1. The van der Waals surface area contributed by atoms with E-state index in [-0.39, 0.29) is 6.10 Å². The number of aliphatic hydroxyl groups excluding tert-OH is 1. The monoisotopic (exact) mass is 287 g/mol. The lowest BCUT2D eigenvalue weighted by Crippen LogP contribution is -2.26. The van der Waals surface area contributed by atoms with Crippen LogP contribution in [0.1, 0.15) is 36.7 Å². The fourth-order valence-corrected chi connectivity index (χ4v) is 2.55. The van der Waals surface area contributed by atoms with Crippen molar-refractivity contribution in [3.63, 3.8) is 0 Å². The van der Waals surface area contributed by atoms with Crippen LogP contribution in [0.2, 0.25) is 0 Å². The summed E-state index contributed by atoms with van der Waals surface area (Å²) in [5.74, 6) is 0. The van der Waals surface area contributed by atoms with Crippen LogP contribution in [0.15, 0.2) is 30.3 Å². The normalized spacial score (nSPS) is 12.6. The number of aryl methyl sites for hydroxylation is 1. The van der Waals surface area contributed by atoms with Crippen LogP contribution in [-0.4, -0.2) is 27.5 Å². The van der Waals surface area contributed by atoms with Crippen molar-refractivity contribution in [3.05, 3.63) is 47.3 Å². The average Bonchev–Trinajstić information content (AvgIpc) is 2.76. The van der Waals surface area contributed by atoms with Gasteiger partial charge in [-0.05, 0) is 32.4 Å². The van der Waals surface area contributed by atoms with Gasteiger partial charge >= 0.3 is 0 Å². The van der Waals surface area contributed by atoms with Gasteiger partial charge in [0, 0.05) is 24.3 Å². The first-order valence-corrected chi connectivity index (χ1v) is 7.62. The summed E-state index contributed by atoms with van der Waals surface area (Å²) < 4.78 is 1.98. The third-order valence-electron chi connectivity index (χ3n) is 3.75. The summed E-state index contributed by atoms with van der Waals surface area (Å²) in [6.07, 6.45) is 1.58. The number of benzene rings is 1. The molecule has 2 N–H and O–H groups in total. The summed E-state index contributed by atoms with van der Waals surface area (Å²) in [5, 5.41) is 17.7. The molecule has 2 aromatic rings. The van der Waals surface area contributed by atoms with Crippen molar-refractivity contribution in [2.45, 2.75) is 46.3 Å². The summed E-state index contributed by atoms with van der Waals surface area (Å²) in [6.45, 7) is 7.58. The Bertz CT molecular complexity index is 563. The van der Waals surface area contributed by atoms with Crippen molar-refractivity contribution in [2.75, 3.05) is 6.54 Å². The van der Waals surface area contributed by atoms with Crippen LogP contribution in [0.3, 0.4) is 0 Å². The number of para-hydroxylation sites is 1. The minimum atomic E-state index is -0.264. The highest BCUT2D eigenvalue weighted by atomic mass is 16.3. The van der Waals surface area contributed by atoms with Crippen molar-refractivity contribution in [2.24, 2.45) is 0 Å². The molecule has 0 fully saturated rings. The first-order valence-electron chi connectivity index (χ1n) is 7.62. The molecule has 1 atom stereocenters. The Morgan fingerprint density at radius 3 is 2.62 bits per heavy atom. The lowest BCUT2D eigenvalue weighted by molar-refractivity contribution is 0.160. The number of nitrogens with one attached hydrogen (secondary N) is 1. The van der Waals surface area contributed by atoms with E-state index >= 15 is 0 Å². The van der Waals surface area contributed by atoms with Gasteiger partial charge in [0.1, 0.15) is 0 Å². The molecule has 21 heavy (non-hydrogen) atoms. The molecule has 0 aliphatic heterocycles. The minimum Gasteiger partial charge on any atom is -0.392 e. The molecule has 2 rings (SSSR count). The molecule has 0 aliphatic rings. The van der Waals surface area contributed by atoms with E-state index < -0.39 is 0 Å². The van der Waals surface area contributed by atoms with Crippen molar-refractivity contribution in [1.29, 1.82) is 0 Å². The van der Waals surface area contributed by atoms with Crippen LogP contribution in [0.5, 0.6) is 0 Å². The van der Waals surface area contributed by atoms with Crippen LogP contribution in [0.4, 0.5) is 0 Å². The van der Waals surface area contributed by atoms with Gasteiger partial charge in [0.15, 0.2) is 0 Å². The molecular weight excluding hydrogens is 262 g/mol. The first-order chi connectivity index (χ1) is 10.1. The highest BCUT2D eigenvalue weighted by molar-refractivity contribution is 5.36. The SMILES string of the molecule is CCCC(O)CNCc1c(C)nn(-c2ccccc2)c1C. The third kappa shape index (κ3) is 3.93. The predicted molar refractivity (Wildman–Crippen MR) is 85.7 cm³/mol. The van der Waals surface area contributed by atoms with Gasteiger partial charge in [0.05, 0.1) is 17.5 Å². The second-order valence-electron chi connectivity index (χ2n) is 5.47. The quantitative estimate of drug-likeness (QED) is 0.823. The molecule has 114 valence electrons. The van der Waals surface area contributed by atoms with E-state index in [0.29, 0.717) is 6.54 Å². The lowest BCUT2D eigenvalue weighted by atomic mass is 10.1. The van der Waals surface area contributed by atoms with E-state index in [1.54, 1.807) is 0 Å². The maximum atomic E-state index is 9.77. The van der Waals surface area contributed by atoms with E-state index in [0.717, 1.165) is 36.5 Å². The topological polar surface area (TPSA) is 50.1 Å². The number of aromatic nitrogens is 2. The molecule has 0 radical (unpaired) electrons. The molecule has 1 unspecified atom stereocenters. The summed E-state index contributed by atoms with van der Waals surface area (Å²) in [6, 6.07) is 10.2. The van der Waals surface area contributed by atoms with Gasteiger partial charge in [-0.1, -0.05) is 31.5 Å². The molecule has 4 nitrogen and oxygen atoms in total. The number of hydrogen-bond acceptors (Lipinski definition) is 3. The largest absolute Gasteiger partial charge is 0.392 e. The van der Waals surface area contributed by atoms with Gasteiger partial charge in [0.2, 0.25) is 0 Å². The third-order valence-corrected chi connectivity index (χ3v) is 3.75. The zero-order chi connectivity index (χ0) is 15.2. The van der Waals surface area contributed by atoms with Gasteiger partial charge in [-0.2, -0.15) is 5.10 Å². The molecule has 1 heterocycles. The molecular formula is C17H25N3O. The van der Waals surface area contributed by atoms with Gasteiger partial charge in [-0.15, -0.1) is 0 Å².